The lowest BCUT2D eigenvalue weighted by Crippen LogP contribution is -2.39. The second-order valence-corrected chi connectivity index (χ2v) is 7.39. The van der Waals surface area contributed by atoms with E-state index in [4.69, 9.17) is 10.5 Å². The van der Waals surface area contributed by atoms with Gasteiger partial charge in [-0.15, -0.1) is 11.8 Å². The quantitative estimate of drug-likeness (QED) is 0.617. The Labute approximate surface area is 167 Å². The van der Waals surface area contributed by atoms with Crippen molar-refractivity contribution in [3.63, 3.8) is 0 Å². The van der Waals surface area contributed by atoms with E-state index in [-0.39, 0.29) is 23.8 Å². The van der Waals surface area contributed by atoms with Crippen LogP contribution in [0.1, 0.15) is 26.2 Å². The highest BCUT2D eigenvalue weighted by atomic mass is 32.2. The van der Waals surface area contributed by atoms with Gasteiger partial charge in [0.15, 0.2) is 5.69 Å². The zero-order valence-corrected chi connectivity index (χ0v) is 17.2. The number of nitrogens with zero attached hydrogens (tertiary/aromatic N) is 2. The Hall–Kier alpha value is -2.68. The van der Waals surface area contributed by atoms with Crippen LogP contribution in [-0.2, 0) is 11.3 Å². The van der Waals surface area contributed by atoms with Crippen LogP contribution in [0.3, 0.4) is 0 Å². The SMILES string of the molecule is CCCCn1c(N)c(N(C)C(=O)CCSc2ccc(OC)cc2)c(=O)[nH]c1=O. The largest absolute Gasteiger partial charge is 0.497 e. The van der Waals surface area contributed by atoms with E-state index in [1.165, 1.54) is 28.3 Å². The van der Waals surface area contributed by atoms with Crippen molar-refractivity contribution in [2.45, 2.75) is 37.6 Å². The van der Waals surface area contributed by atoms with Gasteiger partial charge in [0.1, 0.15) is 11.6 Å². The fourth-order valence-corrected chi connectivity index (χ4v) is 3.50. The van der Waals surface area contributed by atoms with Crippen LogP contribution in [0.15, 0.2) is 38.8 Å². The van der Waals surface area contributed by atoms with Crippen molar-refractivity contribution in [3.8, 4) is 5.75 Å². The lowest BCUT2D eigenvalue weighted by molar-refractivity contribution is -0.117. The molecule has 8 nitrogen and oxygen atoms in total. The number of aromatic amines is 1. The van der Waals surface area contributed by atoms with Crippen LogP contribution in [0.5, 0.6) is 5.75 Å². The fourth-order valence-electron chi connectivity index (χ4n) is 2.66. The maximum absolute atomic E-state index is 12.5. The highest BCUT2D eigenvalue weighted by Crippen LogP contribution is 2.23. The molecule has 2 rings (SSSR count). The summed E-state index contributed by atoms with van der Waals surface area (Å²) in [5, 5.41) is 0. The molecule has 2 aromatic rings. The number of aromatic nitrogens is 2. The maximum Gasteiger partial charge on any atom is 0.330 e. The van der Waals surface area contributed by atoms with E-state index < -0.39 is 11.2 Å². The zero-order valence-electron chi connectivity index (χ0n) is 16.4. The number of anilines is 2. The molecule has 1 aromatic carbocycles. The van der Waals surface area contributed by atoms with E-state index in [9.17, 15) is 14.4 Å². The number of hydrogen-bond donors (Lipinski definition) is 2. The number of benzene rings is 1. The van der Waals surface area contributed by atoms with Gasteiger partial charge < -0.3 is 15.4 Å². The molecular formula is C19H26N4O4S. The second-order valence-electron chi connectivity index (χ2n) is 6.23. The van der Waals surface area contributed by atoms with Gasteiger partial charge in [-0.1, -0.05) is 13.3 Å². The van der Waals surface area contributed by atoms with E-state index >= 15 is 0 Å². The second kappa shape index (κ2) is 10.0. The molecule has 0 fully saturated rings. The third-order valence-corrected chi connectivity index (χ3v) is 5.32. The zero-order chi connectivity index (χ0) is 20.7. The summed E-state index contributed by atoms with van der Waals surface area (Å²) in [6, 6.07) is 7.56. The summed E-state index contributed by atoms with van der Waals surface area (Å²) in [6.07, 6.45) is 1.84. The lowest BCUT2D eigenvalue weighted by atomic mass is 10.3. The topological polar surface area (TPSA) is 110 Å². The molecule has 1 amide bonds. The molecule has 0 unspecified atom stereocenters. The number of nitrogen functional groups attached to an aromatic ring is 1. The summed E-state index contributed by atoms with van der Waals surface area (Å²) in [5.74, 6) is 1.08. The van der Waals surface area contributed by atoms with Crippen molar-refractivity contribution in [1.29, 1.82) is 0 Å². The van der Waals surface area contributed by atoms with E-state index in [2.05, 4.69) is 4.98 Å². The smallest absolute Gasteiger partial charge is 0.330 e. The normalized spacial score (nSPS) is 10.7. The number of amides is 1. The molecular weight excluding hydrogens is 380 g/mol. The van der Waals surface area contributed by atoms with Crippen molar-refractivity contribution in [2.24, 2.45) is 0 Å². The van der Waals surface area contributed by atoms with Crippen LogP contribution in [0, 0.1) is 0 Å². The predicted molar refractivity (Wildman–Crippen MR) is 112 cm³/mol. The third-order valence-electron chi connectivity index (χ3n) is 4.30. The number of hydrogen-bond acceptors (Lipinski definition) is 6. The molecule has 0 spiro atoms. The van der Waals surface area contributed by atoms with E-state index in [0.717, 1.165) is 23.5 Å². The molecule has 0 saturated carbocycles. The van der Waals surface area contributed by atoms with Crippen molar-refractivity contribution >= 4 is 29.2 Å². The number of H-pyrrole nitrogens is 1. The Morgan fingerprint density at radius 3 is 2.57 bits per heavy atom. The summed E-state index contributed by atoms with van der Waals surface area (Å²) in [5.41, 5.74) is 4.83. The average Bonchev–Trinajstić information content (AvgIpc) is 2.68. The number of thioether (sulfide) groups is 1. The van der Waals surface area contributed by atoms with Crippen LogP contribution in [0.4, 0.5) is 11.5 Å². The number of nitrogens with two attached hydrogens (primary N) is 1. The van der Waals surface area contributed by atoms with Gasteiger partial charge in [0.05, 0.1) is 7.11 Å². The van der Waals surface area contributed by atoms with E-state index in [0.29, 0.717) is 12.3 Å². The van der Waals surface area contributed by atoms with Crippen LogP contribution >= 0.6 is 11.8 Å². The molecule has 9 heteroatoms. The van der Waals surface area contributed by atoms with Gasteiger partial charge in [0.2, 0.25) is 5.91 Å². The van der Waals surface area contributed by atoms with Crippen molar-refractivity contribution < 1.29 is 9.53 Å². The van der Waals surface area contributed by atoms with Gasteiger partial charge >= 0.3 is 5.69 Å². The summed E-state index contributed by atoms with van der Waals surface area (Å²) < 4.78 is 6.42. The van der Waals surface area contributed by atoms with Crippen molar-refractivity contribution in [1.82, 2.24) is 9.55 Å². The molecule has 152 valence electrons. The first-order chi connectivity index (χ1) is 13.4. The van der Waals surface area contributed by atoms with Crippen LogP contribution in [-0.4, -0.2) is 35.4 Å². The predicted octanol–water partition coefficient (Wildman–Crippen LogP) is 2.07. The van der Waals surface area contributed by atoms with E-state index in [1.807, 2.05) is 31.2 Å². The minimum absolute atomic E-state index is 0.00940. The molecule has 1 heterocycles. The number of ether oxygens (including phenoxy) is 1. The molecule has 3 N–H and O–H groups in total. The standard InChI is InChI=1S/C19H26N4O4S/c1-4-5-11-23-17(20)16(18(25)21-19(23)26)22(2)15(24)10-12-28-14-8-6-13(27-3)7-9-14/h6-9H,4-5,10-12,20H2,1-3H3,(H,21,25,26). The highest BCUT2D eigenvalue weighted by Gasteiger charge is 2.20. The van der Waals surface area contributed by atoms with Gasteiger partial charge in [-0.3, -0.25) is 19.1 Å². The molecule has 0 bridgehead atoms. The first kappa shape index (κ1) is 21.6. The summed E-state index contributed by atoms with van der Waals surface area (Å²) in [7, 11) is 3.10. The van der Waals surface area contributed by atoms with Crippen LogP contribution < -0.4 is 26.6 Å². The van der Waals surface area contributed by atoms with Crippen LogP contribution in [0.25, 0.3) is 0 Å². The Morgan fingerprint density at radius 2 is 1.96 bits per heavy atom. The minimum Gasteiger partial charge on any atom is -0.497 e. The van der Waals surface area contributed by atoms with Crippen LogP contribution in [0.2, 0.25) is 0 Å². The molecule has 0 saturated heterocycles. The summed E-state index contributed by atoms with van der Waals surface area (Å²) in [4.78, 5) is 41.3. The van der Waals surface area contributed by atoms with Gasteiger partial charge in [0, 0.05) is 30.7 Å². The first-order valence-electron chi connectivity index (χ1n) is 9.05. The molecule has 0 radical (unpaired) electrons. The van der Waals surface area contributed by atoms with Gasteiger partial charge in [-0.25, -0.2) is 4.79 Å². The number of carbonyl (C=O) groups excluding carboxylic acids is 1. The molecule has 0 aliphatic carbocycles. The molecule has 0 aliphatic heterocycles. The van der Waals surface area contributed by atoms with Crippen molar-refractivity contribution in [3.05, 3.63) is 45.1 Å². The third kappa shape index (κ3) is 5.19. The number of nitrogens with one attached hydrogen (secondary N) is 1. The number of rotatable bonds is 9. The minimum atomic E-state index is -0.658. The summed E-state index contributed by atoms with van der Waals surface area (Å²) >= 11 is 1.53. The molecule has 0 atom stereocenters. The number of carbonyl (C=O) groups is 1. The Bertz CT molecular complexity index is 921. The van der Waals surface area contributed by atoms with Gasteiger partial charge in [-0.2, -0.15) is 0 Å². The molecule has 28 heavy (non-hydrogen) atoms. The monoisotopic (exact) mass is 406 g/mol. The molecule has 0 aliphatic rings. The fraction of sp³-hybridized carbons (Fsp3) is 0.421. The highest BCUT2D eigenvalue weighted by molar-refractivity contribution is 7.99. The maximum atomic E-state index is 12.5. The van der Waals surface area contributed by atoms with Gasteiger partial charge in [-0.05, 0) is 30.7 Å². The average molecular weight is 407 g/mol. The number of methoxy groups -OCH3 is 1. The Kier molecular flexibility index (Phi) is 7.74. The number of unbranched alkanes of at least 4 members (excludes halogenated alkanes) is 1. The Balaban J connectivity index is 2.07. The first-order valence-corrected chi connectivity index (χ1v) is 10.0. The summed E-state index contributed by atoms with van der Waals surface area (Å²) in [6.45, 7) is 2.38. The van der Waals surface area contributed by atoms with Gasteiger partial charge in [0.25, 0.3) is 5.56 Å². The lowest BCUT2D eigenvalue weighted by Gasteiger charge is -2.20. The molecule has 1 aromatic heterocycles. The Morgan fingerprint density at radius 1 is 1.29 bits per heavy atom. The van der Waals surface area contributed by atoms with E-state index in [1.54, 1.807) is 7.11 Å². The van der Waals surface area contributed by atoms with Crippen molar-refractivity contribution in [2.75, 3.05) is 30.5 Å².